The van der Waals surface area contributed by atoms with Gasteiger partial charge in [0, 0.05) is 31.2 Å². The van der Waals surface area contributed by atoms with Gasteiger partial charge in [-0.05, 0) is 69.9 Å². The average Bonchev–Trinajstić information content (AvgIpc) is 3.26. The van der Waals surface area contributed by atoms with Gasteiger partial charge in [0.1, 0.15) is 0 Å². The minimum Gasteiger partial charge on any atom is -0.328 e. The molecule has 4 fully saturated rings. The Bertz CT molecular complexity index is 346. The van der Waals surface area contributed by atoms with Crippen molar-refractivity contribution >= 4 is 0 Å². The largest absolute Gasteiger partial charge is 0.328 e. The smallest absolute Gasteiger partial charge is 0.0235 e. The number of hydrogen-bond donors (Lipinski definition) is 1. The maximum atomic E-state index is 6.05. The normalized spacial score (nSPS) is 40.7. The molecule has 3 heteroatoms. The van der Waals surface area contributed by atoms with Crippen molar-refractivity contribution in [3.63, 3.8) is 0 Å². The van der Waals surface area contributed by atoms with Crippen LogP contribution >= 0.6 is 0 Å². The third kappa shape index (κ3) is 3.30. The van der Waals surface area contributed by atoms with Gasteiger partial charge in [0.15, 0.2) is 0 Å². The van der Waals surface area contributed by atoms with Gasteiger partial charge in [-0.3, -0.25) is 9.80 Å². The highest BCUT2D eigenvalue weighted by molar-refractivity contribution is 4.93. The van der Waals surface area contributed by atoms with E-state index >= 15 is 0 Å². The standard InChI is InChI=1S/C18H33N3/c19-16-6-9-20(10-7-16)18-8-11-21(13-18)17-3-1-2-15(12-17)14-4-5-14/h14-18H,1-13,19H2. The van der Waals surface area contributed by atoms with Crippen LogP contribution in [0.15, 0.2) is 0 Å². The molecule has 2 aliphatic carbocycles. The van der Waals surface area contributed by atoms with Gasteiger partial charge in [-0.1, -0.05) is 12.8 Å². The highest BCUT2D eigenvalue weighted by Gasteiger charge is 2.39. The van der Waals surface area contributed by atoms with E-state index in [-0.39, 0.29) is 0 Å². The van der Waals surface area contributed by atoms with Crippen LogP contribution in [0.5, 0.6) is 0 Å². The molecule has 0 radical (unpaired) electrons. The topological polar surface area (TPSA) is 32.5 Å². The molecule has 4 aliphatic rings. The fourth-order valence-electron chi connectivity index (χ4n) is 5.21. The first-order chi connectivity index (χ1) is 10.3. The Hall–Kier alpha value is -0.120. The van der Waals surface area contributed by atoms with E-state index in [9.17, 15) is 0 Å². The molecule has 4 rings (SSSR count). The number of nitrogens with zero attached hydrogens (tertiary/aromatic N) is 2. The van der Waals surface area contributed by atoms with Crippen molar-refractivity contribution in [2.75, 3.05) is 26.2 Å². The number of likely N-dealkylation sites (tertiary alicyclic amines) is 2. The number of rotatable bonds is 3. The summed E-state index contributed by atoms with van der Waals surface area (Å²) in [5.74, 6) is 2.20. The summed E-state index contributed by atoms with van der Waals surface area (Å²) in [5, 5.41) is 0. The molecule has 0 aromatic heterocycles. The molecule has 120 valence electrons. The summed E-state index contributed by atoms with van der Waals surface area (Å²) < 4.78 is 0. The van der Waals surface area contributed by atoms with Gasteiger partial charge in [0.25, 0.3) is 0 Å². The van der Waals surface area contributed by atoms with Crippen LogP contribution in [0.3, 0.4) is 0 Å². The maximum absolute atomic E-state index is 6.05. The quantitative estimate of drug-likeness (QED) is 0.867. The SMILES string of the molecule is NC1CCN(C2CCN(C3CCCC(C4CC4)C3)C2)CC1. The van der Waals surface area contributed by atoms with Crippen molar-refractivity contribution in [1.29, 1.82) is 0 Å². The Balaban J connectivity index is 1.29. The molecule has 3 atom stereocenters. The lowest BCUT2D eigenvalue weighted by atomic mass is 9.82. The maximum Gasteiger partial charge on any atom is 0.0235 e. The van der Waals surface area contributed by atoms with E-state index in [0.29, 0.717) is 6.04 Å². The summed E-state index contributed by atoms with van der Waals surface area (Å²) in [6.07, 6.45) is 12.9. The summed E-state index contributed by atoms with van der Waals surface area (Å²) in [5.41, 5.74) is 6.05. The molecule has 2 saturated carbocycles. The highest BCUT2D eigenvalue weighted by atomic mass is 15.3. The van der Waals surface area contributed by atoms with Crippen molar-refractivity contribution in [2.45, 2.75) is 75.9 Å². The molecule has 0 aromatic rings. The van der Waals surface area contributed by atoms with Gasteiger partial charge < -0.3 is 5.73 Å². The summed E-state index contributed by atoms with van der Waals surface area (Å²) in [4.78, 5) is 5.60. The summed E-state index contributed by atoms with van der Waals surface area (Å²) in [6.45, 7) is 5.19. The lowest BCUT2D eigenvalue weighted by molar-refractivity contribution is 0.119. The molecule has 21 heavy (non-hydrogen) atoms. The van der Waals surface area contributed by atoms with E-state index < -0.39 is 0 Å². The average molecular weight is 291 g/mol. The van der Waals surface area contributed by atoms with Crippen molar-refractivity contribution in [3.8, 4) is 0 Å². The first-order valence-corrected chi connectivity index (χ1v) is 9.53. The van der Waals surface area contributed by atoms with Crippen LogP contribution in [0.1, 0.15) is 57.8 Å². The van der Waals surface area contributed by atoms with Gasteiger partial charge >= 0.3 is 0 Å². The first kappa shape index (κ1) is 14.5. The molecule has 0 amide bonds. The van der Waals surface area contributed by atoms with Crippen LogP contribution in [-0.4, -0.2) is 54.1 Å². The molecule has 0 bridgehead atoms. The minimum atomic E-state index is 0.469. The van der Waals surface area contributed by atoms with Crippen molar-refractivity contribution in [1.82, 2.24) is 9.80 Å². The zero-order valence-electron chi connectivity index (χ0n) is 13.6. The van der Waals surface area contributed by atoms with E-state index in [1.165, 1.54) is 84.0 Å². The first-order valence-electron chi connectivity index (χ1n) is 9.53. The second-order valence-electron chi connectivity index (χ2n) is 8.23. The second kappa shape index (κ2) is 6.17. The third-order valence-corrected chi connectivity index (χ3v) is 6.78. The molecular formula is C18H33N3. The lowest BCUT2D eigenvalue weighted by Gasteiger charge is -2.37. The van der Waals surface area contributed by atoms with E-state index in [0.717, 1.165) is 23.9 Å². The molecule has 2 aliphatic heterocycles. The molecule has 2 saturated heterocycles. The molecule has 2 N–H and O–H groups in total. The van der Waals surface area contributed by atoms with Crippen molar-refractivity contribution < 1.29 is 0 Å². The van der Waals surface area contributed by atoms with Gasteiger partial charge in [-0.25, -0.2) is 0 Å². The van der Waals surface area contributed by atoms with Crippen molar-refractivity contribution in [2.24, 2.45) is 17.6 Å². The Morgan fingerprint density at radius 2 is 1.43 bits per heavy atom. The Labute approximate surface area is 130 Å². The van der Waals surface area contributed by atoms with E-state index in [4.69, 9.17) is 5.73 Å². The van der Waals surface area contributed by atoms with Crippen LogP contribution in [-0.2, 0) is 0 Å². The minimum absolute atomic E-state index is 0.469. The van der Waals surface area contributed by atoms with Crippen LogP contribution in [0.4, 0.5) is 0 Å². The van der Waals surface area contributed by atoms with Crippen LogP contribution in [0, 0.1) is 11.8 Å². The van der Waals surface area contributed by atoms with Crippen molar-refractivity contribution in [3.05, 3.63) is 0 Å². The molecular weight excluding hydrogens is 258 g/mol. The van der Waals surface area contributed by atoms with Gasteiger partial charge in [0.05, 0.1) is 0 Å². The van der Waals surface area contributed by atoms with Gasteiger partial charge in [-0.15, -0.1) is 0 Å². The van der Waals surface area contributed by atoms with E-state index in [1.54, 1.807) is 0 Å². The Morgan fingerprint density at radius 3 is 2.19 bits per heavy atom. The Morgan fingerprint density at radius 1 is 0.667 bits per heavy atom. The zero-order chi connectivity index (χ0) is 14.2. The van der Waals surface area contributed by atoms with Crippen LogP contribution in [0.2, 0.25) is 0 Å². The third-order valence-electron chi connectivity index (χ3n) is 6.78. The molecule has 0 aromatic carbocycles. The number of piperidine rings is 1. The summed E-state index contributed by atoms with van der Waals surface area (Å²) in [6, 6.07) is 2.22. The van der Waals surface area contributed by atoms with Crippen LogP contribution < -0.4 is 5.73 Å². The van der Waals surface area contributed by atoms with Crippen LogP contribution in [0.25, 0.3) is 0 Å². The number of nitrogens with two attached hydrogens (primary N) is 1. The lowest BCUT2D eigenvalue weighted by Crippen LogP contribution is -2.47. The van der Waals surface area contributed by atoms with Gasteiger partial charge in [0.2, 0.25) is 0 Å². The zero-order valence-corrected chi connectivity index (χ0v) is 13.6. The fourth-order valence-corrected chi connectivity index (χ4v) is 5.21. The Kier molecular flexibility index (Phi) is 4.25. The molecule has 3 nitrogen and oxygen atoms in total. The predicted molar refractivity (Wildman–Crippen MR) is 87.2 cm³/mol. The fraction of sp³-hybridized carbons (Fsp3) is 1.00. The predicted octanol–water partition coefficient (Wildman–Crippen LogP) is 2.45. The monoisotopic (exact) mass is 291 g/mol. The van der Waals surface area contributed by atoms with Gasteiger partial charge in [-0.2, -0.15) is 0 Å². The molecule has 3 unspecified atom stereocenters. The molecule has 2 heterocycles. The summed E-state index contributed by atoms with van der Waals surface area (Å²) in [7, 11) is 0. The summed E-state index contributed by atoms with van der Waals surface area (Å²) >= 11 is 0. The number of hydrogen-bond acceptors (Lipinski definition) is 3. The van der Waals surface area contributed by atoms with E-state index in [1.807, 2.05) is 0 Å². The highest BCUT2D eigenvalue weighted by Crippen LogP contribution is 2.45. The van der Waals surface area contributed by atoms with E-state index in [2.05, 4.69) is 9.80 Å². The molecule has 0 spiro atoms. The second-order valence-corrected chi connectivity index (χ2v) is 8.23.